The SMILES string of the molecule is O=C(NCc1cccc2ccccc12)N1CC[C@H](c2ccc3c(c2)CCO3)C1. The first-order valence-corrected chi connectivity index (χ1v) is 10.0. The van der Waals surface area contributed by atoms with Crippen LogP contribution in [-0.4, -0.2) is 30.6 Å². The van der Waals surface area contributed by atoms with Gasteiger partial charge in [-0.2, -0.15) is 0 Å². The number of amides is 2. The summed E-state index contributed by atoms with van der Waals surface area (Å²) in [6.45, 7) is 2.92. The Bertz CT molecular complexity index is 1020. The van der Waals surface area contributed by atoms with Crippen LogP contribution in [0.1, 0.15) is 29.0 Å². The monoisotopic (exact) mass is 372 g/mol. The molecule has 1 N–H and O–H groups in total. The van der Waals surface area contributed by atoms with Crippen molar-refractivity contribution >= 4 is 16.8 Å². The van der Waals surface area contributed by atoms with Gasteiger partial charge in [0.1, 0.15) is 5.75 Å². The van der Waals surface area contributed by atoms with E-state index in [2.05, 4.69) is 47.8 Å². The third-order valence-electron chi connectivity index (χ3n) is 5.97. The van der Waals surface area contributed by atoms with E-state index in [4.69, 9.17) is 4.74 Å². The molecule has 2 aliphatic rings. The summed E-state index contributed by atoms with van der Waals surface area (Å²) in [6, 6.07) is 21.1. The normalized spacial score (nSPS) is 18.1. The Labute approximate surface area is 165 Å². The highest BCUT2D eigenvalue weighted by molar-refractivity contribution is 5.86. The molecule has 2 aliphatic heterocycles. The van der Waals surface area contributed by atoms with Crippen LogP contribution in [0.4, 0.5) is 4.79 Å². The Hall–Kier alpha value is -3.01. The molecule has 1 fully saturated rings. The number of fused-ring (bicyclic) bond motifs is 2. The van der Waals surface area contributed by atoms with Gasteiger partial charge in [0.2, 0.25) is 0 Å². The third kappa shape index (κ3) is 3.19. The predicted molar refractivity (Wildman–Crippen MR) is 111 cm³/mol. The highest BCUT2D eigenvalue weighted by Crippen LogP contribution is 2.33. The van der Waals surface area contributed by atoms with E-state index in [9.17, 15) is 4.79 Å². The molecule has 2 heterocycles. The number of nitrogens with zero attached hydrogens (tertiary/aromatic N) is 1. The summed E-state index contributed by atoms with van der Waals surface area (Å²) >= 11 is 0. The molecule has 142 valence electrons. The van der Waals surface area contributed by atoms with Gasteiger partial charge in [-0.05, 0) is 39.9 Å². The van der Waals surface area contributed by atoms with E-state index >= 15 is 0 Å². The molecule has 0 aliphatic carbocycles. The van der Waals surface area contributed by atoms with Crippen molar-refractivity contribution < 1.29 is 9.53 Å². The second-order valence-corrected chi connectivity index (χ2v) is 7.69. The van der Waals surface area contributed by atoms with Gasteiger partial charge < -0.3 is 15.0 Å². The minimum absolute atomic E-state index is 0.0277. The molecular formula is C24H24N2O2. The molecule has 0 radical (unpaired) electrons. The summed E-state index contributed by atoms with van der Waals surface area (Å²) in [6.07, 6.45) is 2.01. The summed E-state index contributed by atoms with van der Waals surface area (Å²) in [5, 5.41) is 5.52. The van der Waals surface area contributed by atoms with Crippen LogP contribution in [-0.2, 0) is 13.0 Å². The molecule has 5 rings (SSSR count). The average molecular weight is 372 g/mol. The van der Waals surface area contributed by atoms with Gasteiger partial charge in [-0.25, -0.2) is 4.79 Å². The number of benzene rings is 3. The lowest BCUT2D eigenvalue weighted by molar-refractivity contribution is 0.208. The summed E-state index contributed by atoms with van der Waals surface area (Å²) in [5.74, 6) is 1.43. The first-order valence-electron chi connectivity index (χ1n) is 10.0. The number of likely N-dealkylation sites (tertiary alicyclic amines) is 1. The smallest absolute Gasteiger partial charge is 0.317 e. The number of carbonyl (C=O) groups is 1. The van der Waals surface area contributed by atoms with Crippen molar-refractivity contribution in [1.82, 2.24) is 10.2 Å². The maximum atomic E-state index is 12.7. The van der Waals surface area contributed by atoms with E-state index in [1.165, 1.54) is 21.9 Å². The Morgan fingerprint density at radius 1 is 1.11 bits per heavy atom. The molecule has 1 atom stereocenters. The Kier molecular flexibility index (Phi) is 4.40. The number of urea groups is 1. The number of hydrogen-bond acceptors (Lipinski definition) is 2. The van der Waals surface area contributed by atoms with Gasteiger partial charge in [-0.1, -0.05) is 54.6 Å². The van der Waals surface area contributed by atoms with Crippen molar-refractivity contribution in [3.8, 4) is 5.75 Å². The maximum Gasteiger partial charge on any atom is 0.317 e. The van der Waals surface area contributed by atoms with Gasteiger partial charge in [0.05, 0.1) is 6.61 Å². The van der Waals surface area contributed by atoms with Crippen LogP contribution in [0.5, 0.6) is 5.75 Å². The van der Waals surface area contributed by atoms with Crippen LogP contribution in [0.2, 0.25) is 0 Å². The second kappa shape index (κ2) is 7.19. The van der Waals surface area contributed by atoms with Crippen LogP contribution < -0.4 is 10.1 Å². The average Bonchev–Trinajstić information content (AvgIpc) is 3.41. The van der Waals surface area contributed by atoms with E-state index in [1.54, 1.807) is 0 Å². The van der Waals surface area contributed by atoms with Crippen molar-refractivity contribution in [2.45, 2.75) is 25.3 Å². The quantitative estimate of drug-likeness (QED) is 0.737. The fourth-order valence-electron chi connectivity index (χ4n) is 4.41. The van der Waals surface area contributed by atoms with Gasteiger partial charge in [0.25, 0.3) is 0 Å². The fourth-order valence-corrected chi connectivity index (χ4v) is 4.41. The van der Waals surface area contributed by atoms with Gasteiger partial charge in [-0.3, -0.25) is 0 Å². The summed E-state index contributed by atoms with van der Waals surface area (Å²) < 4.78 is 5.61. The minimum atomic E-state index is 0.0277. The Balaban J connectivity index is 1.23. The molecule has 0 saturated carbocycles. The lowest BCUT2D eigenvalue weighted by Crippen LogP contribution is -2.38. The third-order valence-corrected chi connectivity index (χ3v) is 5.97. The van der Waals surface area contributed by atoms with Gasteiger partial charge in [0.15, 0.2) is 0 Å². The number of carbonyl (C=O) groups excluding carboxylic acids is 1. The molecule has 3 aromatic rings. The minimum Gasteiger partial charge on any atom is -0.493 e. The van der Waals surface area contributed by atoms with Crippen LogP contribution >= 0.6 is 0 Å². The zero-order chi connectivity index (χ0) is 18.9. The van der Waals surface area contributed by atoms with Crippen molar-refractivity contribution in [3.63, 3.8) is 0 Å². The molecule has 3 aromatic carbocycles. The molecule has 2 amide bonds. The summed E-state index contributed by atoms with van der Waals surface area (Å²) in [4.78, 5) is 14.7. The van der Waals surface area contributed by atoms with Crippen molar-refractivity contribution in [3.05, 3.63) is 77.4 Å². The van der Waals surface area contributed by atoms with Gasteiger partial charge >= 0.3 is 6.03 Å². The Morgan fingerprint density at radius 2 is 2.00 bits per heavy atom. The first-order chi connectivity index (χ1) is 13.8. The van der Waals surface area contributed by atoms with Gasteiger partial charge in [0, 0.05) is 32.0 Å². The standard InChI is InChI=1S/C24H24N2O2/c27-24(25-15-20-6-3-5-17-4-1-2-7-22(17)20)26-12-10-21(16-26)18-8-9-23-19(14-18)11-13-28-23/h1-9,14,21H,10-13,15-16H2,(H,25,27)/t21-/m0/s1. The number of hydrogen-bond donors (Lipinski definition) is 1. The van der Waals surface area contributed by atoms with Crippen molar-refractivity contribution in [2.75, 3.05) is 19.7 Å². The van der Waals surface area contributed by atoms with Crippen LogP contribution in [0.3, 0.4) is 0 Å². The van der Waals surface area contributed by atoms with E-state index in [0.717, 1.165) is 43.9 Å². The van der Waals surface area contributed by atoms with Gasteiger partial charge in [-0.15, -0.1) is 0 Å². The largest absolute Gasteiger partial charge is 0.493 e. The zero-order valence-corrected chi connectivity index (χ0v) is 15.9. The molecule has 28 heavy (non-hydrogen) atoms. The maximum absolute atomic E-state index is 12.7. The van der Waals surface area contributed by atoms with Crippen molar-refractivity contribution in [2.24, 2.45) is 0 Å². The zero-order valence-electron chi connectivity index (χ0n) is 15.9. The highest BCUT2D eigenvalue weighted by atomic mass is 16.5. The molecule has 0 unspecified atom stereocenters. The van der Waals surface area contributed by atoms with E-state index < -0.39 is 0 Å². The topological polar surface area (TPSA) is 41.6 Å². The van der Waals surface area contributed by atoms with E-state index in [0.29, 0.717) is 12.5 Å². The fraction of sp³-hybridized carbons (Fsp3) is 0.292. The summed E-state index contributed by atoms with van der Waals surface area (Å²) in [5.41, 5.74) is 3.78. The molecule has 0 bridgehead atoms. The van der Waals surface area contributed by atoms with E-state index in [-0.39, 0.29) is 6.03 Å². The number of rotatable bonds is 3. The number of nitrogens with one attached hydrogen (secondary N) is 1. The molecule has 0 aromatic heterocycles. The lowest BCUT2D eigenvalue weighted by Gasteiger charge is -2.18. The van der Waals surface area contributed by atoms with Crippen LogP contribution in [0, 0.1) is 0 Å². The molecule has 4 heteroatoms. The first kappa shape index (κ1) is 17.1. The molecular weight excluding hydrogens is 348 g/mol. The Morgan fingerprint density at radius 3 is 2.96 bits per heavy atom. The highest BCUT2D eigenvalue weighted by Gasteiger charge is 2.28. The lowest BCUT2D eigenvalue weighted by atomic mass is 9.96. The van der Waals surface area contributed by atoms with Crippen molar-refractivity contribution in [1.29, 1.82) is 0 Å². The summed E-state index contributed by atoms with van der Waals surface area (Å²) in [7, 11) is 0. The number of ether oxygens (including phenoxy) is 1. The van der Waals surface area contributed by atoms with Crippen LogP contribution in [0.25, 0.3) is 10.8 Å². The second-order valence-electron chi connectivity index (χ2n) is 7.69. The molecule has 0 spiro atoms. The van der Waals surface area contributed by atoms with E-state index in [1.807, 2.05) is 23.1 Å². The van der Waals surface area contributed by atoms with Crippen LogP contribution in [0.15, 0.2) is 60.7 Å². The molecule has 4 nitrogen and oxygen atoms in total. The molecule has 1 saturated heterocycles. The predicted octanol–water partition coefficient (Wildman–Crippen LogP) is 4.47.